The summed E-state index contributed by atoms with van der Waals surface area (Å²) in [7, 11) is 0. The lowest BCUT2D eigenvalue weighted by atomic mass is 10.0. The van der Waals surface area contributed by atoms with E-state index < -0.39 is 30.9 Å². The summed E-state index contributed by atoms with van der Waals surface area (Å²) in [5.74, 6) is -1.18. The first-order chi connectivity index (χ1) is 15.2. The Morgan fingerprint density at radius 1 is 1.00 bits per heavy atom. The predicted molar refractivity (Wildman–Crippen MR) is 117 cm³/mol. The van der Waals surface area contributed by atoms with E-state index in [2.05, 4.69) is 10.3 Å². The normalized spacial score (nSPS) is 13.0. The number of benzene rings is 3. The van der Waals surface area contributed by atoms with Gasteiger partial charge in [0.15, 0.2) is 0 Å². The molecule has 0 saturated carbocycles. The van der Waals surface area contributed by atoms with Gasteiger partial charge in [-0.2, -0.15) is 13.2 Å². The number of alkyl halides is 3. The van der Waals surface area contributed by atoms with Gasteiger partial charge >= 0.3 is 6.18 Å². The second-order valence-electron chi connectivity index (χ2n) is 6.99. The van der Waals surface area contributed by atoms with Crippen LogP contribution in [0.5, 0.6) is 0 Å². The van der Waals surface area contributed by atoms with E-state index in [0.29, 0.717) is 17.0 Å². The number of rotatable bonds is 4. The van der Waals surface area contributed by atoms with Crippen LogP contribution in [0.1, 0.15) is 27.9 Å². The molecule has 1 aliphatic rings. The lowest BCUT2D eigenvalue weighted by Gasteiger charge is -2.10. The van der Waals surface area contributed by atoms with Crippen molar-refractivity contribution in [2.45, 2.75) is 22.4 Å². The molecule has 32 heavy (non-hydrogen) atoms. The molecule has 0 fully saturated rings. The SMILES string of the molecule is O=C(NCCC(F)(F)F)c1ccc2c(c1)N=C(c1ccc(Cl)cc1F)c1ccccc1S2. The van der Waals surface area contributed by atoms with Crippen LogP contribution < -0.4 is 5.32 Å². The Morgan fingerprint density at radius 3 is 2.53 bits per heavy atom. The van der Waals surface area contributed by atoms with E-state index in [1.807, 2.05) is 24.3 Å². The van der Waals surface area contributed by atoms with Crippen molar-refractivity contribution in [2.75, 3.05) is 6.54 Å². The van der Waals surface area contributed by atoms with Gasteiger partial charge in [-0.1, -0.05) is 41.6 Å². The molecule has 0 radical (unpaired) electrons. The summed E-state index contributed by atoms with van der Waals surface area (Å²) >= 11 is 7.30. The summed E-state index contributed by atoms with van der Waals surface area (Å²) in [6, 6.07) is 16.4. The lowest BCUT2D eigenvalue weighted by molar-refractivity contribution is -0.132. The molecular weight excluding hydrogens is 464 g/mol. The van der Waals surface area contributed by atoms with E-state index in [0.717, 1.165) is 9.79 Å². The number of carbonyl (C=O) groups excluding carboxylic acids is 1. The number of nitrogens with one attached hydrogen (secondary N) is 1. The van der Waals surface area contributed by atoms with Gasteiger partial charge in [0.1, 0.15) is 5.82 Å². The van der Waals surface area contributed by atoms with Crippen LogP contribution in [0.25, 0.3) is 0 Å². The maximum absolute atomic E-state index is 14.8. The Morgan fingerprint density at radius 2 is 1.78 bits per heavy atom. The third-order valence-corrected chi connectivity index (χ3v) is 6.07. The van der Waals surface area contributed by atoms with E-state index in [1.54, 1.807) is 12.1 Å². The first-order valence-corrected chi connectivity index (χ1v) is 10.7. The van der Waals surface area contributed by atoms with Crippen molar-refractivity contribution in [3.8, 4) is 0 Å². The minimum Gasteiger partial charge on any atom is -0.352 e. The fraction of sp³-hybridized carbons (Fsp3) is 0.130. The molecule has 0 saturated heterocycles. The van der Waals surface area contributed by atoms with Gasteiger partial charge in [0.25, 0.3) is 5.91 Å². The number of aliphatic imine (C=N–C) groups is 1. The van der Waals surface area contributed by atoms with Gasteiger partial charge in [-0.05, 0) is 42.5 Å². The van der Waals surface area contributed by atoms with Crippen LogP contribution in [0.2, 0.25) is 5.02 Å². The number of amides is 1. The largest absolute Gasteiger partial charge is 0.390 e. The van der Waals surface area contributed by atoms with E-state index >= 15 is 0 Å². The van der Waals surface area contributed by atoms with E-state index in [-0.39, 0.29) is 16.1 Å². The maximum Gasteiger partial charge on any atom is 0.390 e. The summed E-state index contributed by atoms with van der Waals surface area (Å²) in [5, 5.41) is 2.52. The highest BCUT2D eigenvalue weighted by Gasteiger charge is 2.27. The summed E-state index contributed by atoms with van der Waals surface area (Å²) < 4.78 is 51.8. The zero-order chi connectivity index (χ0) is 22.9. The molecule has 9 heteroatoms. The Hall–Kier alpha value is -2.84. The second-order valence-corrected chi connectivity index (χ2v) is 8.51. The molecule has 3 aromatic rings. The first-order valence-electron chi connectivity index (χ1n) is 9.52. The molecule has 4 rings (SSSR count). The van der Waals surface area contributed by atoms with Crippen molar-refractivity contribution < 1.29 is 22.4 Å². The van der Waals surface area contributed by atoms with Crippen LogP contribution in [0.15, 0.2) is 75.4 Å². The smallest absolute Gasteiger partial charge is 0.352 e. The molecule has 1 aliphatic heterocycles. The van der Waals surface area contributed by atoms with Gasteiger partial charge in [-0.25, -0.2) is 9.38 Å². The molecule has 0 atom stereocenters. The molecule has 164 valence electrons. The minimum absolute atomic E-state index is 0.164. The van der Waals surface area contributed by atoms with Gasteiger partial charge in [-0.3, -0.25) is 4.79 Å². The number of hydrogen-bond donors (Lipinski definition) is 1. The maximum atomic E-state index is 14.8. The van der Waals surface area contributed by atoms with Crippen molar-refractivity contribution in [2.24, 2.45) is 4.99 Å². The van der Waals surface area contributed by atoms with Crippen molar-refractivity contribution in [3.05, 3.63) is 88.2 Å². The first kappa shape index (κ1) is 22.4. The number of halogens is 5. The van der Waals surface area contributed by atoms with Gasteiger partial charge in [0, 0.05) is 38.0 Å². The zero-order valence-corrected chi connectivity index (χ0v) is 17.9. The molecule has 0 unspecified atom stereocenters. The van der Waals surface area contributed by atoms with E-state index in [1.165, 1.54) is 36.0 Å². The monoisotopic (exact) mass is 478 g/mol. The molecule has 1 N–H and O–H groups in total. The zero-order valence-electron chi connectivity index (χ0n) is 16.3. The third-order valence-electron chi connectivity index (χ3n) is 4.70. The van der Waals surface area contributed by atoms with Crippen LogP contribution in [-0.4, -0.2) is 24.3 Å². The van der Waals surface area contributed by atoms with Gasteiger partial charge in [-0.15, -0.1) is 0 Å². The highest BCUT2D eigenvalue weighted by atomic mass is 35.5. The molecule has 0 aliphatic carbocycles. The summed E-state index contributed by atoms with van der Waals surface area (Å²) in [6.07, 6.45) is -5.47. The van der Waals surface area contributed by atoms with Crippen molar-refractivity contribution in [3.63, 3.8) is 0 Å². The van der Waals surface area contributed by atoms with Crippen LogP contribution >= 0.6 is 23.4 Å². The number of fused-ring (bicyclic) bond motifs is 2. The Kier molecular flexibility index (Phi) is 6.26. The molecule has 1 amide bonds. The fourth-order valence-corrected chi connectivity index (χ4v) is 4.35. The molecule has 0 bridgehead atoms. The molecule has 1 heterocycles. The molecular formula is C23H15ClF4N2OS. The highest BCUT2D eigenvalue weighted by Crippen LogP contribution is 2.42. The molecule has 0 aromatic heterocycles. The van der Waals surface area contributed by atoms with Crippen molar-refractivity contribution in [1.82, 2.24) is 5.32 Å². The summed E-state index contributed by atoms with van der Waals surface area (Å²) in [4.78, 5) is 18.6. The summed E-state index contributed by atoms with van der Waals surface area (Å²) in [6.45, 7) is -0.524. The van der Waals surface area contributed by atoms with Gasteiger partial charge in [0.05, 0.1) is 17.8 Å². The van der Waals surface area contributed by atoms with Gasteiger partial charge < -0.3 is 5.32 Å². The predicted octanol–water partition coefficient (Wildman–Crippen LogP) is 6.80. The Labute approximate surface area is 190 Å². The number of nitrogens with zero attached hydrogens (tertiary/aromatic N) is 1. The lowest BCUT2D eigenvalue weighted by Crippen LogP contribution is -2.27. The standard InChI is InChI=1S/C23H15ClF4N2OS/c24-14-6-7-15(17(25)12-14)21-16-3-1-2-4-19(16)32-20-8-5-13(11-18(20)30-21)22(31)29-10-9-23(26,27)28/h1-8,11-12H,9-10H2,(H,29,31). The number of hydrogen-bond acceptors (Lipinski definition) is 3. The molecule has 3 nitrogen and oxygen atoms in total. The van der Waals surface area contributed by atoms with Crippen molar-refractivity contribution in [1.29, 1.82) is 0 Å². The third kappa shape index (κ3) is 4.97. The van der Waals surface area contributed by atoms with Crippen LogP contribution in [0.3, 0.4) is 0 Å². The Bertz CT molecular complexity index is 1230. The van der Waals surface area contributed by atoms with E-state index in [4.69, 9.17) is 11.6 Å². The van der Waals surface area contributed by atoms with Gasteiger partial charge in [0.2, 0.25) is 0 Å². The number of carbonyl (C=O) groups is 1. The van der Waals surface area contributed by atoms with E-state index in [9.17, 15) is 22.4 Å². The van der Waals surface area contributed by atoms with Crippen LogP contribution in [0.4, 0.5) is 23.2 Å². The van der Waals surface area contributed by atoms with Crippen LogP contribution in [-0.2, 0) is 0 Å². The van der Waals surface area contributed by atoms with Crippen LogP contribution in [0, 0.1) is 5.82 Å². The highest BCUT2D eigenvalue weighted by molar-refractivity contribution is 7.99. The quantitative estimate of drug-likeness (QED) is 0.328. The summed E-state index contributed by atoms with van der Waals surface area (Å²) in [5.41, 5.74) is 1.91. The fourth-order valence-electron chi connectivity index (χ4n) is 3.19. The van der Waals surface area contributed by atoms with Crippen molar-refractivity contribution >= 4 is 40.7 Å². The average molecular weight is 479 g/mol. The minimum atomic E-state index is -4.36. The average Bonchev–Trinajstić information content (AvgIpc) is 2.89. The second kappa shape index (κ2) is 8.96. The Balaban J connectivity index is 1.74. The topological polar surface area (TPSA) is 41.5 Å². The molecule has 3 aromatic carbocycles. The molecule has 0 spiro atoms.